The maximum Gasteiger partial charge on any atom is 0.237 e. The normalized spacial score (nSPS) is 11.9. The van der Waals surface area contributed by atoms with E-state index in [1.165, 1.54) is 5.56 Å². The third kappa shape index (κ3) is 5.21. The molecule has 110 valence electrons. The first kappa shape index (κ1) is 15.5. The second-order valence-corrected chi connectivity index (χ2v) is 5.40. The summed E-state index contributed by atoms with van der Waals surface area (Å²) < 4.78 is 0. The monoisotopic (exact) mass is 302 g/mol. The largest absolute Gasteiger partial charge is 0.354 e. The van der Waals surface area contributed by atoms with Gasteiger partial charge in [-0.1, -0.05) is 54.1 Å². The molecule has 2 aromatic rings. The first-order valence-corrected chi connectivity index (χ1v) is 7.34. The molecule has 3 N–H and O–H groups in total. The molecule has 4 heteroatoms. The Labute approximate surface area is 130 Å². The predicted octanol–water partition coefficient (Wildman–Crippen LogP) is 2.57. The van der Waals surface area contributed by atoms with Crippen molar-refractivity contribution in [3.05, 3.63) is 70.7 Å². The van der Waals surface area contributed by atoms with E-state index in [-0.39, 0.29) is 5.91 Å². The van der Waals surface area contributed by atoms with Crippen LogP contribution in [-0.4, -0.2) is 18.5 Å². The van der Waals surface area contributed by atoms with Gasteiger partial charge in [0, 0.05) is 11.6 Å². The van der Waals surface area contributed by atoms with Crippen LogP contribution >= 0.6 is 11.6 Å². The molecular weight excluding hydrogens is 284 g/mol. The maximum atomic E-state index is 11.9. The molecule has 2 aromatic carbocycles. The Morgan fingerprint density at radius 1 is 1.05 bits per heavy atom. The molecule has 0 aliphatic carbocycles. The highest BCUT2D eigenvalue weighted by atomic mass is 35.5. The van der Waals surface area contributed by atoms with Crippen LogP contribution in [0.15, 0.2) is 54.6 Å². The van der Waals surface area contributed by atoms with Crippen LogP contribution in [0.2, 0.25) is 5.02 Å². The molecule has 0 fully saturated rings. The van der Waals surface area contributed by atoms with E-state index in [1.807, 2.05) is 42.5 Å². The van der Waals surface area contributed by atoms with Gasteiger partial charge in [-0.15, -0.1) is 0 Å². The van der Waals surface area contributed by atoms with Crippen molar-refractivity contribution in [1.29, 1.82) is 0 Å². The Bertz CT molecular complexity index is 569. The molecule has 2 rings (SSSR count). The number of amides is 1. The summed E-state index contributed by atoms with van der Waals surface area (Å²) in [6.07, 6.45) is 1.31. The van der Waals surface area contributed by atoms with Gasteiger partial charge in [-0.25, -0.2) is 0 Å². The minimum absolute atomic E-state index is 0.124. The fraction of sp³-hybridized carbons (Fsp3) is 0.235. The highest BCUT2D eigenvalue weighted by molar-refractivity contribution is 6.30. The van der Waals surface area contributed by atoms with E-state index in [1.54, 1.807) is 12.1 Å². The standard InChI is InChI=1S/C17H19ClN2O/c18-15-8-6-14(7-9-15)12-16(19)17(21)20-11-10-13-4-2-1-3-5-13/h1-9,16H,10-12,19H2,(H,20,21)/t16-/m1/s1. The van der Waals surface area contributed by atoms with Crippen molar-refractivity contribution >= 4 is 17.5 Å². The van der Waals surface area contributed by atoms with Crippen molar-refractivity contribution in [3.63, 3.8) is 0 Å². The second kappa shape index (κ2) is 7.81. The quantitative estimate of drug-likeness (QED) is 0.861. The lowest BCUT2D eigenvalue weighted by atomic mass is 10.1. The summed E-state index contributed by atoms with van der Waals surface area (Å²) in [5.41, 5.74) is 8.12. The summed E-state index contributed by atoms with van der Waals surface area (Å²) in [4.78, 5) is 11.9. The molecule has 0 spiro atoms. The van der Waals surface area contributed by atoms with Crippen molar-refractivity contribution in [1.82, 2.24) is 5.32 Å². The lowest BCUT2D eigenvalue weighted by Gasteiger charge is -2.12. The van der Waals surface area contributed by atoms with Gasteiger partial charge in [-0.05, 0) is 36.1 Å². The fourth-order valence-corrected chi connectivity index (χ4v) is 2.20. The molecule has 0 heterocycles. The second-order valence-electron chi connectivity index (χ2n) is 4.96. The van der Waals surface area contributed by atoms with E-state index >= 15 is 0 Å². The topological polar surface area (TPSA) is 55.1 Å². The molecule has 1 atom stereocenters. The lowest BCUT2D eigenvalue weighted by molar-refractivity contribution is -0.122. The average Bonchev–Trinajstić information content (AvgIpc) is 2.50. The van der Waals surface area contributed by atoms with E-state index < -0.39 is 6.04 Å². The molecule has 0 aliphatic rings. The van der Waals surface area contributed by atoms with Crippen LogP contribution in [0.25, 0.3) is 0 Å². The van der Waals surface area contributed by atoms with Crippen molar-refractivity contribution in [2.24, 2.45) is 5.73 Å². The Morgan fingerprint density at radius 2 is 1.71 bits per heavy atom. The number of rotatable bonds is 6. The number of carbonyl (C=O) groups excluding carboxylic acids is 1. The predicted molar refractivity (Wildman–Crippen MR) is 86.3 cm³/mol. The van der Waals surface area contributed by atoms with Crippen LogP contribution in [0, 0.1) is 0 Å². The number of nitrogens with one attached hydrogen (secondary N) is 1. The van der Waals surface area contributed by atoms with E-state index in [9.17, 15) is 4.79 Å². The van der Waals surface area contributed by atoms with Crippen molar-refractivity contribution in [3.8, 4) is 0 Å². The molecule has 0 radical (unpaired) electrons. The van der Waals surface area contributed by atoms with Gasteiger partial charge in [0.05, 0.1) is 6.04 Å². The van der Waals surface area contributed by atoms with Gasteiger partial charge in [0.2, 0.25) is 5.91 Å². The molecule has 1 amide bonds. The fourth-order valence-electron chi connectivity index (χ4n) is 2.07. The van der Waals surface area contributed by atoms with Gasteiger partial charge < -0.3 is 11.1 Å². The third-order valence-electron chi connectivity index (χ3n) is 3.26. The number of halogens is 1. The van der Waals surface area contributed by atoms with Gasteiger partial charge in [-0.3, -0.25) is 4.79 Å². The zero-order valence-electron chi connectivity index (χ0n) is 11.8. The lowest BCUT2D eigenvalue weighted by Crippen LogP contribution is -2.42. The Kier molecular flexibility index (Phi) is 5.78. The highest BCUT2D eigenvalue weighted by Crippen LogP contribution is 2.10. The zero-order chi connectivity index (χ0) is 15.1. The molecular formula is C17H19ClN2O. The summed E-state index contributed by atoms with van der Waals surface area (Å²) in [6, 6.07) is 16.9. The van der Waals surface area contributed by atoms with Gasteiger partial charge in [-0.2, -0.15) is 0 Å². The summed E-state index contributed by atoms with van der Waals surface area (Å²) in [7, 11) is 0. The van der Waals surface area contributed by atoms with Gasteiger partial charge in [0.15, 0.2) is 0 Å². The zero-order valence-corrected chi connectivity index (χ0v) is 12.5. The van der Waals surface area contributed by atoms with Crippen molar-refractivity contribution < 1.29 is 4.79 Å². The Balaban J connectivity index is 1.76. The molecule has 0 saturated carbocycles. The molecule has 0 saturated heterocycles. The van der Waals surface area contributed by atoms with Crippen LogP contribution in [0.1, 0.15) is 11.1 Å². The van der Waals surface area contributed by atoms with E-state index in [0.29, 0.717) is 18.0 Å². The van der Waals surface area contributed by atoms with Gasteiger partial charge in [0.1, 0.15) is 0 Å². The molecule has 0 aromatic heterocycles. The summed E-state index contributed by atoms with van der Waals surface area (Å²) in [6.45, 7) is 0.594. The smallest absolute Gasteiger partial charge is 0.237 e. The average molecular weight is 303 g/mol. The van der Waals surface area contributed by atoms with Crippen molar-refractivity contribution in [2.75, 3.05) is 6.54 Å². The molecule has 0 aliphatic heterocycles. The number of carbonyl (C=O) groups is 1. The van der Waals surface area contributed by atoms with Crippen molar-refractivity contribution in [2.45, 2.75) is 18.9 Å². The third-order valence-corrected chi connectivity index (χ3v) is 3.51. The SMILES string of the molecule is N[C@H](Cc1ccc(Cl)cc1)C(=O)NCCc1ccccc1. The first-order chi connectivity index (χ1) is 10.1. The minimum Gasteiger partial charge on any atom is -0.354 e. The van der Waals surface area contributed by atoms with Crippen LogP contribution < -0.4 is 11.1 Å². The van der Waals surface area contributed by atoms with E-state index in [4.69, 9.17) is 17.3 Å². The molecule has 0 bridgehead atoms. The Morgan fingerprint density at radius 3 is 2.38 bits per heavy atom. The van der Waals surface area contributed by atoms with Crippen LogP contribution in [0.4, 0.5) is 0 Å². The van der Waals surface area contributed by atoms with Crippen LogP contribution in [0.5, 0.6) is 0 Å². The molecule has 3 nitrogen and oxygen atoms in total. The number of nitrogens with two attached hydrogens (primary N) is 1. The van der Waals surface area contributed by atoms with Gasteiger partial charge >= 0.3 is 0 Å². The minimum atomic E-state index is -0.540. The summed E-state index contributed by atoms with van der Waals surface area (Å²) >= 11 is 5.83. The number of hydrogen-bond acceptors (Lipinski definition) is 2. The Hall–Kier alpha value is -1.84. The van der Waals surface area contributed by atoms with E-state index in [2.05, 4.69) is 5.32 Å². The van der Waals surface area contributed by atoms with Crippen LogP contribution in [0.3, 0.4) is 0 Å². The first-order valence-electron chi connectivity index (χ1n) is 6.97. The van der Waals surface area contributed by atoms with E-state index in [0.717, 1.165) is 12.0 Å². The van der Waals surface area contributed by atoms with Crippen LogP contribution in [-0.2, 0) is 17.6 Å². The number of benzene rings is 2. The molecule has 0 unspecified atom stereocenters. The summed E-state index contributed by atoms with van der Waals surface area (Å²) in [5, 5.41) is 3.55. The highest BCUT2D eigenvalue weighted by Gasteiger charge is 2.13. The van der Waals surface area contributed by atoms with Gasteiger partial charge in [0.25, 0.3) is 0 Å². The summed E-state index contributed by atoms with van der Waals surface area (Å²) in [5.74, 6) is -0.124. The number of hydrogen-bond donors (Lipinski definition) is 2. The molecule has 21 heavy (non-hydrogen) atoms. The maximum absolute atomic E-state index is 11.9.